The Morgan fingerprint density at radius 3 is 2.42 bits per heavy atom. The molecule has 1 unspecified atom stereocenters. The quantitative estimate of drug-likeness (QED) is 0.728. The summed E-state index contributed by atoms with van der Waals surface area (Å²) in [7, 11) is 1.73. The zero-order chi connectivity index (χ0) is 14.6. The van der Waals surface area contributed by atoms with E-state index < -0.39 is 5.91 Å². The van der Waals surface area contributed by atoms with E-state index in [9.17, 15) is 4.79 Å². The molecule has 2 atom stereocenters. The first-order valence-electron chi connectivity index (χ1n) is 6.48. The van der Waals surface area contributed by atoms with Gasteiger partial charge >= 0.3 is 0 Å². The van der Waals surface area contributed by atoms with Crippen LogP contribution in [-0.2, 0) is 0 Å². The lowest BCUT2D eigenvalue weighted by atomic mass is 9.91. The number of carbonyl (C=O) groups is 1. The van der Waals surface area contributed by atoms with Crippen molar-refractivity contribution < 1.29 is 4.79 Å². The number of aromatic nitrogens is 2. The fraction of sp³-hybridized carbons (Fsp3) is 0.615. The Morgan fingerprint density at radius 2 is 1.95 bits per heavy atom. The molecule has 0 aliphatic heterocycles. The van der Waals surface area contributed by atoms with Crippen molar-refractivity contribution >= 4 is 17.7 Å². The van der Waals surface area contributed by atoms with Crippen LogP contribution < -0.4 is 16.4 Å². The summed E-state index contributed by atoms with van der Waals surface area (Å²) in [4.78, 5) is 19.7. The Kier molecular flexibility index (Phi) is 5.09. The van der Waals surface area contributed by atoms with E-state index >= 15 is 0 Å². The molecule has 106 valence electrons. The molecule has 19 heavy (non-hydrogen) atoms. The summed E-state index contributed by atoms with van der Waals surface area (Å²) >= 11 is 0. The van der Waals surface area contributed by atoms with Crippen LogP contribution in [0.5, 0.6) is 0 Å². The van der Waals surface area contributed by atoms with E-state index in [-0.39, 0.29) is 6.04 Å². The molecular formula is C13H23N5O. The second kappa shape index (κ2) is 6.36. The molecule has 0 bridgehead atoms. The highest BCUT2D eigenvalue weighted by Gasteiger charge is 2.19. The van der Waals surface area contributed by atoms with Crippen LogP contribution in [0, 0.1) is 11.8 Å². The van der Waals surface area contributed by atoms with Crippen molar-refractivity contribution in [3.05, 3.63) is 11.8 Å². The molecule has 1 rings (SSSR count). The van der Waals surface area contributed by atoms with Gasteiger partial charge in [0.05, 0.1) is 5.56 Å². The number of primary amides is 1. The van der Waals surface area contributed by atoms with Gasteiger partial charge in [0.1, 0.15) is 5.82 Å². The number of nitrogens with one attached hydrogen (secondary N) is 2. The summed E-state index contributed by atoms with van der Waals surface area (Å²) in [5.74, 6) is 1.37. The average Bonchev–Trinajstić information content (AvgIpc) is 2.36. The third-order valence-electron chi connectivity index (χ3n) is 3.48. The number of hydrogen-bond acceptors (Lipinski definition) is 5. The lowest BCUT2D eigenvalue weighted by Gasteiger charge is -2.25. The minimum atomic E-state index is -0.533. The molecule has 0 radical (unpaired) electrons. The number of anilines is 2. The monoisotopic (exact) mass is 265 g/mol. The van der Waals surface area contributed by atoms with Crippen LogP contribution in [0.25, 0.3) is 0 Å². The molecule has 1 aromatic rings. The molecule has 1 amide bonds. The van der Waals surface area contributed by atoms with Crippen molar-refractivity contribution in [3.63, 3.8) is 0 Å². The van der Waals surface area contributed by atoms with Gasteiger partial charge < -0.3 is 16.4 Å². The molecule has 6 nitrogen and oxygen atoms in total. The van der Waals surface area contributed by atoms with Crippen LogP contribution in [0.2, 0.25) is 0 Å². The minimum absolute atomic E-state index is 0.178. The maximum atomic E-state index is 11.4. The van der Waals surface area contributed by atoms with Gasteiger partial charge in [-0.1, -0.05) is 20.8 Å². The highest BCUT2D eigenvalue weighted by molar-refractivity contribution is 5.97. The second-order valence-electron chi connectivity index (χ2n) is 5.11. The fourth-order valence-electron chi connectivity index (χ4n) is 1.72. The van der Waals surface area contributed by atoms with Crippen molar-refractivity contribution in [1.29, 1.82) is 0 Å². The number of carbonyl (C=O) groups excluding carboxylic acids is 1. The largest absolute Gasteiger partial charge is 0.367 e. The zero-order valence-electron chi connectivity index (χ0n) is 12.2. The first-order chi connectivity index (χ1) is 8.86. The summed E-state index contributed by atoms with van der Waals surface area (Å²) in [5, 5.41) is 6.10. The standard InChI is InChI=1S/C13H23N5O/c1-7(2)8(3)9(4)17-12-10(11(14)19)6-16-13(15-5)18-12/h6-9H,1-5H3,(H2,14,19)(H2,15,16,17,18)/t8?,9-/m0/s1. The predicted octanol–water partition coefficient (Wildman–Crippen LogP) is 1.71. The molecule has 1 heterocycles. The highest BCUT2D eigenvalue weighted by atomic mass is 16.1. The molecule has 0 aliphatic rings. The van der Waals surface area contributed by atoms with Crippen LogP contribution in [-0.4, -0.2) is 29.0 Å². The van der Waals surface area contributed by atoms with Gasteiger partial charge in [0.15, 0.2) is 0 Å². The van der Waals surface area contributed by atoms with Gasteiger partial charge in [-0.15, -0.1) is 0 Å². The number of rotatable bonds is 6. The van der Waals surface area contributed by atoms with E-state index in [1.165, 1.54) is 6.20 Å². The van der Waals surface area contributed by atoms with E-state index in [1.54, 1.807) is 7.05 Å². The van der Waals surface area contributed by atoms with E-state index in [4.69, 9.17) is 5.73 Å². The van der Waals surface area contributed by atoms with Gasteiger partial charge in [-0.3, -0.25) is 4.79 Å². The van der Waals surface area contributed by atoms with E-state index in [2.05, 4.69) is 48.3 Å². The Morgan fingerprint density at radius 1 is 1.32 bits per heavy atom. The summed E-state index contributed by atoms with van der Waals surface area (Å²) in [6.45, 7) is 8.55. The van der Waals surface area contributed by atoms with Crippen LogP contribution in [0.15, 0.2) is 6.20 Å². The summed E-state index contributed by atoms with van der Waals surface area (Å²) < 4.78 is 0. The second-order valence-corrected chi connectivity index (χ2v) is 5.11. The Labute approximate surface area is 114 Å². The third kappa shape index (κ3) is 3.81. The summed E-state index contributed by atoms with van der Waals surface area (Å²) in [5.41, 5.74) is 5.65. The Hall–Kier alpha value is -1.85. The lowest BCUT2D eigenvalue weighted by molar-refractivity contribution is 0.100. The van der Waals surface area contributed by atoms with Crippen molar-refractivity contribution in [2.75, 3.05) is 17.7 Å². The van der Waals surface area contributed by atoms with Crippen molar-refractivity contribution in [3.8, 4) is 0 Å². The number of nitrogens with zero attached hydrogens (tertiary/aromatic N) is 2. The molecule has 6 heteroatoms. The average molecular weight is 265 g/mol. The summed E-state index contributed by atoms with van der Waals surface area (Å²) in [6, 6.07) is 0.178. The molecule has 0 saturated carbocycles. The van der Waals surface area contributed by atoms with Gasteiger partial charge in [-0.25, -0.2) is 4.98 Å². The minimum Gasteiger partial charge on any atom is -0.367 e. The Balaban J connectivity index is 3.00. The number of amides is 1. The fourth-order valence-corrected chi connectivity index (χ4v) is 1.72. The van der Waals surface area contributed by atoms with Crippen LogP contribution in [0.3, 0.4) is 0 Å². The third-order valence-corrected chi connectivity index (χ3v) is 3.48. The smallest absolute Gasteiger partial charge is 0.254 e. The van der Waals surface area contributed by atoms with E-state index in [0.717, 1.165) is 0 Å². The molecule has 1 aromatic heterocycles. The van der Waals surface area contributed by atoms with Crippen LogP contribution in [0.1, 0.15) is 38.1 Å². The zero-order valence-corrected chi connectivity index (χ0v) is 12.2. The number of nitrogens with two attached hydrogens (primary N) is 1. The summed E-state index contributed by atoms with van der Waals surface area (Å²) in [6.07, 6.45) is 1.44. The maximum absolute atomic E-state index is 11.4. The van der Waals surface area contributed by atoms with Gasteiger partial charge in [0.2, 0.25) is 5.95 Å². The first kappa shape index (κ1) is 15.2. The lowest BCUT2D eigenvalue weighted by Crippen LogP contribution is -2.29. The van der Waals surface area contributed by atoms with Gasteiger partial charge in [-0.2, -0.15) is 4.98 Å². The molecule has 4 N–H and O–H groups in total. The molecule has 0 saturated heterocycles. The normalized spacial score (nSPS) is 14.0. The van der Waals surface area contributed by atoms with Gasteiger partial charge in [0, 0.05) is 19.3 Å². The van der Waals surface area contributed by atoms with Crippen molar-refractivity contribution in [2.24, 2.45) is 17.6 Å². The van der Waals surface area contributed by atoms with E-state index in [1.807, 2.05) is 0 Å². The van der Waals surface area contributed by atoms with Crippen LogP contribution in [0.4, 0.5) is 11.8 Å². The molecule has 0 spiro atoms. The SMILES string of the molecule is CNc1ncc(C(N)=O)c(N[C@@H](C)C(C)C(C)C)n1. The van der Waals surface area contributed by atoms with Crippen LogP contribution >= 0.6 is 0 Å². The Bertz CT molecular complexity index is 447. The number of hydrogen-bond donors (Lipinski definition) is 3. The van der Waals surface area contributed by atoms with Gasteiger partial charge in [-0.05, 0) is 18.8 Å². The molecule has 0 aliphatic carbocycles. The molecule has 0 aromatic carbocycles. The van der Waals surface area contributed by atoms with E-state index in [0.29, 0.717) is 29.2 Å². The predicted molar refractivity (Wildman–Crippen MR) is 77.2 cm³/mol. The maximum Gasteiger partial charge on any atom is 0.254 e. The molecule has 0 fully saturated rings. The van der Waals surface area contributed by atoms with Crippen molar-refractivity contribution in [1.82, 2.24) is 9.97 Å². The molecular weight excluding hydrogens is 242 g/mol. The topological polar surface area (TPSA) is 92.9 Å². The van der Waals surface area contributed by atoms with Gasteiger partial charge in [0.25, 0.3) is 5.91 Å². The highest BCUT2D eigenvalue weighted by Crippen LogP contribution is 2.20. The first-order valence-corrected chi connectivity index (χ1v) is 6.48. The van der Waals surface area contributed by atoms with Crippen molar-refractivity contribution in [2.45, 2.75) is 33.7 Å².